The van der Waals surface area contributed by atoms with E-state index in [0.717, 1.165) is 5.69 Å². The molecule has 0 aliphatic rings. The zero-order chi connectivity index (χ0) is 13.5. The molecule has 5 heteroatoms. The van der Waals surface area contributed by atoms with E-state index in [9.17, 15) is 9.59 Å². The number of anilines is 1. The van der Waals surface area contributed by atoms with Crippen molar-refractivity contribution in [3.8, 4) is 0 Å². The van der Waals surface area contributed by atoms with E-state index in [1.165, 1.54) is 4.90 Å². The van der Waals surface area contributed by atoms with Crippen LogP contribution >= 0.6 is 0 Å². The van der Waals surface area contributed by atoms with E-state index in [2.05, 4.69) is 5.32 Å². The van der Waals surface area contributed by atoms with Crippen molar-refractivity contribution >= 4 is 17.5 Å². The monoisotopic (exact) mass is 249 g/mol. The van der Waals surface area contributed by atoms with Gasteiger partial charge in [-0.25, -0.2) is 0 Å². The van der Waals surface area contributed by atoms with Gasteiger partial charge in [-0.15, -0.1) is 0 Å². The molecule has 0 saturated heterocycles. The summed E-state index contributed by atoms with van der Waals surface area (Å²) in [4.78, 5) is 26.2. The first-order chi connectivity index (χ1) is 8.50. The topological polar surface area (TPSA) is 52.7 Å². The summed E-state index contributed by atoms with van der Waals surface area (Å²) in [6.07, 6.45) is 0. The van der Waals surface area contributed by atoms with Crippen molar-refractivity contribution in [3.05, 3.63) is 30.3 Å². The first-order valence-electron chi connectivity index (χ1n) is 5.73. The van der Waals surface area contributed by atoms with Crippen LogP contribution in [0, 0.1) is 0 Å². The van der Waals surface area contributed by atoms with Gasteiger partial charge in [0.1, 0.15) is 0 Å². The Morgan fingerprint density at radius 3 is 2.28 bits per heavy atom. The predicted octanol–water partition coefficient (Wildman–Crippen LogP) is 0.327. The van der Waals surface area contributed by atoms with Gasteiger partial charge in [0, 0.05) is 26.8 Å². The molecule has 0 aliphatic carbocycles. The number of likely N-dealkylation sites (N-methyl/N-ethyl adjacent to an activating group) is 2. The molecule has 0 fully saturated rings. The molecular weight excluding hydrogens is 230 g/mol. The lowest BCUT2D eigenvalue weighted by Crippen LogP contribution is -2.40. The van der Waals surface area contributed by atoms with Crippen molar-refractivity contribution in [1.29, 1.82) is 0 Å². The third-order valence-corrected chi connectivity index (χ3v) is 2.51. The van der Waals surface area contributed by atoms with E-state index in [4.69, 9.17) is 0 Å². The number of hydrogen-bond acceptors (Lipinski definition) is 3. The van der Waals surface area contributed by atoms with Gasteiger partial charge >= 0.3 is 0 Å². The second kappa shape index (κ2) is 6.64. The number of para-hydroxylation sites is 1. The standard InChI is InChI=1S/C13H19N3O2/c1-15(2)13(18)9-14-12(17)10-16(3)11-7-5-4-6-8-11/h4-8H,9-10H2,1-3H3,(H,14,17). The molecule has 2 amide bonds. The van der Waals surface area contributed by atoms with E-state index >= 15 is 0 Å². The number of carbonyl (C=O) groups is 2. The first kappa shape index (κ1) is 14.0. The molecule has 1 aromatic carbocycles. The van der Waals surface area contributed by atoms with Gasteiger partial charge in [-0.3, -0.25) is 9.59 Å². The van der Waals surface area contributed by atoms with Gasteiger partial charge in [-0.1, -0.05) is 18.2 Å². The van der Waals surface area contributed by atoms with Crippen molar-refractivity contribution in [2.45, 2.75) is 0 Å². The van der Waals surface area contributed by atoms with Crippen LogP contribution < -0.4 is 10.2 Å². The quantitative estimate of drug-likeness (QED) is 0.818. The number of amides is 2. The average molecular weight is 249 g/mol. The molecule has 0 bridgehead atoms. The molecule has 1 aromatic rings. The summed E-state index contributed by atoms with van der Waals surface area (Å²) in [6.45, 7) is 0.263. The molecule has 0 atom stereocenters. The SMILES string of the molecule is CN(C)C(=O)CNC(=O)CN(C)c1ccccc1. The second-order valence-corrected chi connectivity index (χ2v) is 4.26. The number of benzene rings is 1. The van der Waals surface area contributed by atoms with Crippen molar-refractivity contribution in [2.75, 3.05) is 39.1 Å². The van der Waals surface area contributed by atoms with Crippen LogP contribution in [0.3, 0.4) is 0 Å². The van der Waals surface area contributed by atoms with Crippen molar-refractivity contribution < 1.29 is 9.59 Å². The summed E-state index contributed by atoms with van der Waals surface area (Å²) in [6, 6.07) is 9.61. The largest absolute Gasteiger partial charge is 0.365 e. The highest BCUT2D eigenvalue weighted by Gasteiger charge is 2.09. The summed E-state index contributed by atoms with van der Waals surface area (Å²) >= 11 is 0. The average Bonchev–Trinajstić information content (AvgIpc) is 2.36. The van der Waals surface area contributed by atoms with Crippen molar-refractivity contribution in [2.24, 2.45) is 0 Å². The van der Waals surface area contributed by atoms with Gasteiger partial charge in [0.05, 0.1) is 13.1 Å². The van der Waals surface area contributed by atoms with Crippen LogP contribution in [0.4, 0.5) is 5.69 Å². The lowest BCUT2D eigenvalue weighted by Gasteiger charge is -2.19. The van der Waals surface area contributed by atoms with E-state index in [0.29, 0.717) is 0 Å². The Morgan fingerprint density at radius 2 is 1.72 bits per heavy atom. The highest BCUT2D eigenvalue weighted by atomic mass is 16.2. The van der Waals surface area contributed by atoms with Gasteiger partial charge in [0.25, 0.3) is 0 Å². The smallest absolute Gasteiger partial charge is 0.241 e. The highest BCUT2D eigenvalue weighted by molar-refractivity contribution is 5.86. The van der Waals surface area contributed by atoms with Crippen LogP contribution in [-0.4, -0.2) is 50.9 Å². The predicted molar refractivity (Wildman–Crippen MR) is 71.4 cm³/mol. The summed E-state index contributed by atoms with van der Waals surface area (Å²) < 4.78 is 0. The van der Waals surface area contributed by atoms with Gasteiger partial charge in [-0.2, -0.15) is 0 Å². The molecule has 1 N–H and O–H groups in total. The van der Waals surface area contributed by atoms with Gasteiger partial charge in [0.2, 0.25) is 11.8 Å². The molecule has 0 unspecified atom stereocenters. The lowest BCUT2D eigenvalue weighted by atomic mass is 10.3. The lowest BCUT2D eigenvalue weighted by molar-refractivity contribution is -0.130. The molecule has 0 saturated carbocycles. The molecular formula is C13H19N3O2. The first-order valence-corrected chi connectivity index (χ1v) is 5.73. The maximum atomic E-state index is 11.6. The number of hydrogen-bond donors (Lipinski definition) is 1. The fraction of sp³-hybridized carbons (Fsp3) is 0.385. The van der Waals surface area contributed by atoms with Crippen molar-refractivity contribution in [3.63, 3.8) is 0 Å². The molecule has 18 heavy (non-hydrogen) atoms. The Balaban J connectivity index is 2.39. The van der Waals surface area contributed by atoms with Crippen LogP contribution in [0.25, 0.3) is 0 Å². The minimum atomic E-state index is -0.170. The molecule has 0 aromatic heterocycles. The molecule has 0 radical (unpaired) electrons. The minimum absolute atomic E-state index is 0.0362. The summed E-state index contributed by atoms with van der Waals surface area (Å²) in [7, 11) is 5.15. The van der Waals surface area contributed by atoms with E-state index < -0.39 is 0 Å². The van der Waals surface area contributed by atoms with Gasteiger partial charge in [0.15, 0.2) is 0 Å². The van der Waals surface area contributed by atoms with Gasteiger partial charge < -0.3 is 15.1 Å². The Labute approximate surface area is 107 Å². The maximum absolute atomic E-state index is 11.6. The van der Waals surface area contributed by atoms with Crippen molar-refractivity contribution in [1.82, 2.24) is 10.2 Å². The fourth-order valence-corrected chi connectivity index (χ4v) is 1.38. The molecule has 0 heterocycles. The summed E-state index contributed by atoms with van der Waals surface area (Å²) in [5.41, 5.74) is 0.964. The van der Waals surface area contributed by atoms with Gasteiger partial charge in [-0.05, 0) is 12.1 Å². The van der Waals surface area contributed by atoms with Crippen LogP contribution in [0.15, 0.2) is 30.3 Å². The Bertz CT molecular complexity index is 404. The number of rotatable bonds is 5. The number of nitrogens with one attached hydrogen (secondary N) is 1. The molecule has 5 nitrogen and oxygen atoms in total. The van der Waals surface area contributed by atoms with E-state index in [1.807, 2.05) is 42.3 Å². The fourth-order valence-electron chi connectivity index (χ4n) is 1.38. The number of nitrogens with zero attached hydrogens (tertiary/aromatic N) is 2. The Hall–Kier alpha value is -2.04. The van der Waals surface area contributed by atoms with E-state index in [1.54, 1.807) is 14.1 Å². The molecule has 98 valence electrons. The Morgan fingerprint density at radius 1 is 1.11 bits per heavy atom. The summed E-state index contributed by atoms with van der Waals surface area (Å²) in [5, 5.41) is 2.59. The maximum Gasteiger partial charge on any atom is 0.241 e. The zero-order valence-corrected chi connectivity index (χ0v) is 11.0. The van der Waals surface area contributed by atoms with Crippen LogP contribution in [0.1, 0.15) is 0 Å². The van der Waals surface area contributed by atoms with E-state index in [-0.39, 0.29) is 24.9 Å². The summed E-state index contributed by atoms with van der Waals surface area (Å²) in [5.74, 6) is -0.290. The van der Waals surface area contributed by atoms with Crippen LogP contribution in [0.2, 0.25) is 0 Å². The van der Waals surface area contributed by atoms with Crippen LogP contribution in [0.5, 0.6) is 0 Å². The zero-order valence-electron chi connectivity index (χ0n) is 11.0. The molecule has 0 spiro atoms. The highest BCUT2D eigenvalue weighted by Crippen LogP contribution is 2.09. The number of carbonyl (C=O) groups excluding carboxylic acids is 2. The molecule has 1 rings (SSSR count). The van der Waals surface area contributed by atoms with Crippen LogP contribution in [-0.2, 0) is 9.59 Å². The normalized spacial score (nSPS) is 9.72. The third-order valence-electron chi connectivity index (χ3n) is 2.51. The second-order valence-electron chi connectivity index (χ2n) is 4.26. The molecule has 0 aliphatic heterocycles. The minimum Gasteiger partial charge on any atom is -0.365 e. The Kier molecular flexibility index (Phi) is 5.17. The third kappa shape index (κ3) is 4.45.